The van der Waals surface area contributed by atoms with E-state index in [1.807, 2.05) is 6.20 Å². The maximum absolute atomic E-state index is 3.33. The van der Waals surface area contributed by atoms with E-state index in [1.54, 1.807) is 5.57 Å². The summed E-state index contributed by atoms with van der Waals surface area (Å²) in [6, 6.07) is 0. The lowest BCUT2D eigenvalue weighted by atomic mass is 10.0. The summed E-state index contributed by atoms with van der Waals surface area (Å²) in [5.41, 5.74) is 2.98. The Morgan fingerprint density at radius 1 is 1.40 bits per heavy atom. The van der Waals surface area contributed by atoms with Crippen LogP contribution in [0.4, 0.5) is 0 Å². The Labute approximate surface area is 61.0 Å². The Bertz CT molecular complexity index is 171. The van der Waals surface area contributed by atoms with Crippen molar-refractivity contribution in [1.29, 1.82) is 0 Å². The van der Waals surface area contributed by atoms with Crippen LogP contribution < -0.4 is 10.6 Å². The molecule has 0 aromatic rings. The molecule has 2 heteroatoms. The average molecular weight is 136 g/mol. The molecule has 0 bridgehead atoms. The summed E-state index contributed by atoms with van der Waals surface area (Å²) in [5.74, 6) is 0. The fourth-order valence-corrected chi connectivity index (χ4v) is 1.47. The van der Waals surface area contributed by atoms with Gasteiger partial charge in [-0.15, -0.1) is 0 Å². The monoisotopic (exact) mass is 136 g/mol. The number of allylic oxidation sites excluding steroid dienone is 1. The molecular formula is C8H12N2. The van der Waals surface area contributed by atoms with Crippen LogP contribution in [0.15, 0.2) is 23.5 Å². The van der Waals surface area contributed by atoms with Gasteiger partial charge in [0.15, 0.2) is 0 Å². The minimum atomic E-state index is 1.03. The summed E-state index contributed by atoms with van der Waals surface area (Å²) in [4.78, 5) is 0. The lowest BCUT2D eigenvalue weighted by Gasteiger charge is -2.23. The molecule has 10 heavy (non-hydrogen) atoms. The number of dihydropyridines is 1. The minimum absolute atomic E-state index is 1.03. The van der Waals surface area contributed by atoms with Crippen LogP contribution in [0, 0.1) is 0 Å². The van der Waals surface area contributed by atoms with E-state index in [4.69, 9.17) is 0 Å². The molecule has 2 heterocycles. The van der Waals surface area contributed by atoms with Gasteiger partial charge in [0.05, 0.1) is 0 Å². The van der Waals surface area contributed by atoms with Crippen molar-refractivity contribution in [2.24, 2.45) is 0 Å². The third kappa shape index (κ3) is 0.948. The first-order valence-corrected chi connectivity index (χ1v) is 3.80. The van der Waals surface area contributed by atoms with Crippen LogP contribution in [-0.4, -0.2) is 13.1 Å². The number of hydrogen-bond donors (Lipinski definition) is 2. The molecule has 0 spiro atoms. The molecule has 2 N–H and O–H groups in total. The largest absolute Gasteiger partial charge is 0.364 e. The summed E-state index contributed by atoms with van der Waals surface area (Å²) in [6.07, 6.45) is 6.59. The van der Waals surface area contributed by atoms with Crippen LogP contribution in [0.5, 0.6) is 0 Å². The molecular weight excluding hydrogens is 124 g/mol. The van der Waals surface area contributed by atoms with Crippen LogP contribution in [-0.2, 0) is 0 Å². The first-order valence-electron chi connectivity index (χ1n) is 3.80. The summed E-state index contributed by atoms with van der Waals surface area (Å²) in [5, 5.41) is 6.59. The molecule has 0 unspecified atom stereocenters. The molecule has 0 aromatic carbocycles. The van der Waals surface area contributed by atoms with Gasteiger partial charge in [-0.25, -0.2) is 0 Å². The number of hydrogen-bond acceptors (Lipinski definition) is 2. The van der Waals surface area contributed by atoms with Gasteiger partial charge >= 0.3 is 0 Å². The van der Waals surface area contributed by atoms with Crippen LogP contribution in [0.3, 0.4) is 0 Å². The van der Waals surface area contributed by atoms with Gasteiger partial charge in [-0.2, -0.15) is 0 Å². The minimum Gasteiger partial charge on any atom is -0.364 e. The first kappa shape index (κ1) is 5.98. The van der Waals surface area contributed by atoms with Crippen molar-refractivity contribution in [3.8, 4) is 0 Å². The van der Waals surface area contributed by atoms with Gasteiger partial charge in [0.2, 0.25) is 0 Å². The normalized spacial score (nSPS) is 24.0. The van der Waals surface area contributed by atoms with E-state index in [0.29, 0.717) is 0 Å². The van der Waals surface area contributed by atoms with Crippen LogP contribution in [0.1, 0.15) is 12.8 Å². The predicted molar refractivity (Wildman–Crippen MR) is 41.4 cm³/mol. The van der Waals surface area contributed by atoms with E-state index < -0.39 is 0 Å². The van der Waals surface area contributed by atoms with E-state index >= 15 is 0 Å². The highest BCUT2D eigenvalue weighted by molar-refractivity contribution is 5.24. The molecule has 0 aromatic heterocycles. The van der Waals surface area contributed by atoms with Crippen LogP contribution in [0.25, 0.3) is 0 Å². The van der Waals surface area contributed by atoms with Gasteiger partial charge in [-0.3, -0.25) is 0 Å². The summed E-state index contributed by atoms with van der Waals surface area (Å²) in [6.45, 7) is 2.17. The Morgan fingerprint density at radius 2 is 2.40 bits per heavy atom. The smallest absolute Gasteiger partial charge is 0.0357 e. The average Bonchev–Trinajstić information content (AvgIpc) is 2.05. The molecule has 0 saturated carbocycles. The summed E-state index contributed by atoms with van der Waals surface area (Å²) in [7, 11) is 0. The topological polar surface area (TPSA) is 24.1 Å². The zero-order valence-electron chi connectivity index (χ0n) is 5.98. The molecule has 2 aliphatic heterocycles. The van der Waals surface area contributed by atoms with E-state index in [9.17, 15) is 0 Å². The quantitative estimate of drug-likeness (QED) is 0.513. The van der Waals surface area contributed by atoms with E-state index in [1.165, 1.54) is 12.1 Å². The summed E-state index contributed by atoms with van der Waals surface area (Å²) < 4.78 is 0. The Morgan fingerprint density at radius 3 is 3.30 bits per heavy atom. The fraction of sp³-hybridized carbons (Fsp3) is 0.500. The molecule has 2 nitrogen and oxygen atoms in total. The van der Waals surface area contributed by atoms with Crippen molar-refractivity contribution < 1.29 is 0 Å². The van der Waals surface area contributed by atoms with Crippen LogP contribution >= 0.6 is 0 Å². The molecule has 0 fully saturated rings. The van der Waals surface area contributed by atoms with Gasteiger partial charge < -0.3 is 10.6 Å². The number of rotatable bonds is 0. The molecule has 0 aliphatic carbocycles. The molecule has 0 atom stereocenters. The lowest BCUT2D eigenvalue weighted by molar-refractivity contribution is 0.636. The third-order valence-electron chi connectivity index (χ3n) is 2.07. The van der Waals surface area contributed by atoms with Crippen LogP contribution in [0.2, 0.25) is 0 Å². The fourth-order valence-electron chi connectivity index (χ4n) is 1.47. The zero-order chi connectivity index (χ0) is 6.81. The molecule has 2 aliphatic rings. The standard InChI is InChI=1S/C8H12N2/c1-2-7-3-5-9-6-8(7)10-4-1/h1,4,9-10H,2-3,5-6H2. The maximum atomic E-state index is 3.33. The van der Waals surface area contributed by atoms with Crippen molar-refractivity contribution in [2.75, 3.05) is 13.1 Å². The molecule has 0 radical (unpaired) electrons. The Hall–Kier alpha value is -0.760. The van der Waals surface area contributed by atoms with Gasteiger partial charge in [-0.1, -0.05) is 6.08 Å². The van der Waals surface area contributed by atoms with Crippen molar-refractivity contribution in [3.63, 3.8) is 0 Å². The summed E-state index contributed by atoms with van der Waals surface area (Å²) >= 11 is 0. The maximum Gasteiger partial charge on any atom is 0.0357 e. The molecule has 2 rings (SSSR count). The molecule has 0 saturated heterocycles. The van der Waals surface area contributed by atoms with Crippen molar-refractivity contribution in [3.05, 3.63) is 23.5 Å². The predicted octanol–water partition coefficient (Wildman–Crippen LogP) is 0.741. The Kier molecular flexibility index (Phi) is 1.47. The van der Waals surface area contributed by atoms with Crippen molar-refractivity contribution >= 4 is 0 Å². The second-order valence-electron chi connectivity index (χ2n) is 2.76. The highest BCUT2D eigenvalue weighted by atomic mass is 15.0. The highest BCUT2D eigenvalue weighted by Crippen LogP contribution is 2.17. The highest BCUT2D eigenvalue weighted by Gasteiger charge is 2.11. The van der Waals surface area contributed by atoms with Crippen molar-refractivity contribution in [2.45, 2.75) is 12.8 Å². The van der Waals surface area contributed by atoms with Crippen molar-refractivity contribution in [1.82, 2.24) is 10.6 Å². The Balaban J connectivity index is 2.17. The van der Waals surface area contributed by atoms with E-state index in [2.05, 4.69) is 16.7 Å². The van der Waals surface area contributed by atoms with Gasteiger partial charge in [0, 0.05) is 12.2 Å². The van der Waals surface area contributed by atoms with Gasteiger partial charge in [0.1, 0.15) is 0 Å². The second-order valence-corrected chi connectivity index (χ2v) is 2.76. The molecule has 54 valence electrons. The van der Waals surface area contributed by atoms with Gasteiger partial charge in [-0.05, 0) is 31.2 Å². The van der Waals surface area contributed by atoms with E-state index in [0.717, 1.165) is 19.5 Å². The second kappa shape index (κ2) is 2.46. The first-order chi connectivity index (χ1) is 4.97. The lowest BCUT2D eigenvalue weighted by Crippen LogP contribution is -2.31. The number of nitrogens with one attached hydrogen (secondary N) is 2. The third-order valence-corrected chi connectivity index (χ3v) is 2.07. The zero-order valence-corrected chi connectivity index (χ0v) is 5.98. The van der Waals surface area contributed by atoms with Gasteiger partial charge in [0.25, 0.3) is 0 Å². The molecule has 0 amide bonds. The van der Waals surface area contributed by atoms with E-state index in [-0.39, 0.29) is 0 Å². The SMILES string of the molecule is C1=CNC2=C(C1)CCNC2.